The number of hydrogen-bond donors (Lipinski definition) is 2. The highest BCUT2D eigenvalue weighted by atomic mass is 35.5. The first-order valence-electron chi connectivity index (χ1n) is 5.49. The fraction of sp³-hybridized carbons (Fsp3) is 0.333. The van der Waals surface area contributed by atoms with Crippen LogP contribution in [0.4, 0.5) is 5.69 Å². The van der Waals surface area contributed by atoms with Crippen LogP contribution in [-0.2, 0) is 9.59 Å². The average molecular weight is 287 g/mol. The first-order chi connectivity index (χ1) is 8.63. The fourth-order valence-electron chi connectivity index (χ4n) is 1.28. The van der Waals surface area contributed by atoms with Gasteiger partial charge in [0.1, 0.15) is 0 Å². The monoisotopic (exact) mass is 286 g/mol. The second-order valence-electron chi connectivity index (χ2n) is 3.59. The summed E-state index contributed by atoms with van der Waals surface area (Å²) in [6, 6.07) is 7.30. The molecule has 0 saturated heterocycles. The molecule has 98 valence electrons. The van der Waals surface area contributed by atoms with E-state index in [1.54, 1.807) is 6.07 Å². The second kappa shape index (κ2) is 8.00. The van der Waals surface area contributed by atoms with Crippen molar-refractivity contribution in [2.75, 3.05) is 16.9 Å². The van der Waals surface area contributed by atoms with Crippen molar-refractivity contribution in [1.29, 1.82) is 0 Å². The van der Waals surface area contributed by atoms with E-state index in [2.05, 4.69) is 5.32 Å². The van der Waals surface area contributed by atoms with E-state index in [9.17, 15) is 9.59 Å². The number of halogens is 1. The molecule has 1 aromatic carbocycles. The number of thioether (sulfide) groups is 1. The van der Waals surface area contributed by atoms with Gasteiger partial charge in [-0.25, -0.2) is 0 Å². The number of carbonyl (C=O) groups excluding carboxylic acids is 2. The molecule has 18 heavy (non-hydrogen) atoms. The van der Waals surface area contributed by atoms with E-state index >= 15 is 0 Å². The molecule has 1 rings (SSSR count). The van der Waals surface area contributed by atoms with Gasteiger partial charge in [-0.2, -0.15) is 0 Å². The van der Waals surface area contributed by atoms with Crippen molar-refractivity contribution in [2.24, 2.45) is 5.73 Å². The number of benzene rings is 1. The highest BCUT2D eigenvalue weighted by molar-refractivity contribution is 8.00. The minimum atomic E-state index is -0.386. The summed E-state index contributed by atoms with van der Waals surface area (Å²) in [6.07, 6.45) is 1.03. The molecule has 0 radical (unpaired) electrons. The smallest absolute Gasteiger partial charge is 0.227 e. The molecule has 0 unspecified atom stereocenters. The Morgan fingerprint density at radius 1 is 1.33 bits per heavy atom. The van der Waals surface area contributed by atoms with Crippen LogP contribution in [0.15, 0.2) is 29.2 Å². The number of nitrogens with two attached hydrogens (primary N) is 1. The van der Waals surface area contributed by atoms with Gasteiger partial charge in [-0.05, 0) is 18.6 Å². The van der Waals surface area contributed by atoms with Gasteiger partial charge in [0.15, 0.2) is 0 Å². The van der Waals surface area contributed by atoms with Crippen LogP contribution < -0.4 is 11.1 Å². The SMILES string of the molecule is NC(=O)CSc1ccccc1NC(=O)CCCCl. The van der Waals surface area contributed by atoms with Crippen molar-refractivity contribution in [3.63, 3.8) is 0 Å². The Morgan fingerprint density at radius 3 is 2.72 bits per heavy atom. The van der Waals surface area contributed by atoms with Crippen molar-refractivity contribution >= 4 is 40.9 Å². The number of amides is 2. The molecule has 4 nitrogen and oxygen atoms in total. The van der Waals surface area contributed by atoms with Crippen molar-refractivity contribution in [2.45, 2.75) is 17.7 Å². The molecule has 0 bridgehead atoms. The second-order valence-corrected chi connectivity index (χ2v) is 4.99. The lowest BCUT2D eigenvalue weighted by atomic mass is 10.3. The highest BCUT2D eigenvalue weighted by Crippen LogP contribution is 2.26. The zero-order valence-corrected chi connectivity index (χ0v) is 11.4. The number of para-hydroxylation sites is 1. The molecule has 0 aliphatic heterocycles. The van der Waals surface area contributed by atoms with E-state index in [1.165, 1.54) is 11.8 Å². The van der Waals surface area contributed by atoms with Crippen LogP contribution in [0, 0.1) is 0 Å². The van der Waals surface area contributed by atoms with Crippen LogP contribution in [0.5, 0.6) is 0 Å². The normalized spacial score (nSPS) is 10.1. The number of alkyl halides is 1. The third-order valence-corrected chi connectivity index (χ3v) is 3.43. The standard InChI is InChI=1S/C12H15ClN2O2S/c13-7-3-6-12(17)15-9-4-1-2-5-10(9)18-8-11(14)16/h1-2,4-5H,3,6-8H2,(H2,14,16)(H,15,17). The lowest BCUT2D eigenvalue weighted by Crippen LogP contribution is -2.14. The van der Waals surface area contributed by atoms with Gasteiger partial charge < -0.3 is 11.1 Å². The average Bonchev–Trinajstić information content (AvgIpc) is 2.35. The summed E-state index contributed by atoms with van der Waals surface area (Å²) in [7, 11) is 0. The lowest BCUT2D eigenvalue weighted by molar-refractivity contribution is -0.116. The summed E-state index contributed by atoms with van der Waals surface area (Å²) in [5.41, 5.74) is 5.79. The first kappa shape index (κ1) is 14.9. The summed E-state index contributed by atoms with van der Waals surface area (Å²) in [5, 5.41) is 2.80. The van der Waals surface area contributed by atoms with Gasteiger partial charge in [-0.1, -0.05) is 12.1 Å². The molecule has 0 aliphatic carbocycles. The van der Waals surface area contributed by atoms with Crippen molar-refractivity contribution in [3.05, 3.63) is 24.3 Å². The molecule has 6 heteroatoms. The van der Waals surface area contributed by atoms with Crippen LogP contribution >= 0.6 is 23.4 Å². The number of rotatable bonds is 7. The Kier molecular flexibility index (Phi) is 6.60. The fourth-order valence-corrected chi connectivity index (χ4v) is 2.17. The van der Waals surface area contributed by atoms with Crippen LogP contribution in [0.3, 0.4) is 0 Å². The first-order valence-corrected chi connectivity index (χ1v) is 7.01. The number of anilines is 1. The maximum atomic E-state index is 11.6. The van der Waals surface area contributed by atoms with E-state index in [0.717, 1.165) is 4.90 Å². The summed E-state index contributed by atoms with van der Waals surface area (Å²) < 4.78 is 0. The number of primary amides is 1. The van der Waals surface area contributed by atoms with Crippen molar-refractivity contribution < 1.29 is 9.59 Å². The van der Waals surface area contributed by atoms with Gasteiger partial charge in [0.05, 0.1) is 11.4 Å². The van der Waals surface area contributed by atoms with Crippen LogP contribution in [0.25, 0.3) is 0 Å². The highest BCUT2D eigenvalue weighted by Gasteiger charge is 2.07. The summed E-state index contributed by atoms with van der Waals surface area (Å²) in [4.78, 5) is 23.2. The third-order valence-electron chi connectivity index (χ3n) is 2.07. The maximum Gasteiger partial charge on any atom is 0.227 e. The largest absolute Gasteiger partial charge is 0.369 e. The van der Waals surface area contributed by atoms with E-state index in [1.807, 2.05) is 18.2 Å². The Balaban J connectivity index is 2.63. The Hall–Kier alpha value is -1.20. The minimum Gasteiger partial charge on any atom is -0.369 e. The van der Waals surface area contributed by atoms with Crippen LogP contribution in [-0.4, -0.2) is 23.4 Å². The van der Waals surface area contributed by atoms with Crippen LogP contribution in [0.1, 0.15) is 12.8 Å². The van der Waals surface area contributed by atoms with Gasteiger partial charge in [0.25, 0.3) is 0 Å². The molecule has 1 aromatic rings. The molecule has 0 heterocycles. The van der Waals surface area contributed by atoms with Crippen LogP contribution in [0.2, 0.25) is 0 Å². The van der Waals surface area contributed by atoms with E-state index in [-0.39, 0.29) is 17.6 Å². The third kappa shape index (κ3) is 5.42. The van der Waals surface area contributed by atoms with Gasteiger partial charge in [-0.3, -0.25) is 9.59 Å². The zero-order valence-electron chi connectivity index (χ0n) is 9.82. The Morgan fingerprint density at radius 2 is 2.06 bits per heavy atom. The maximum absolute atomic E-state index is 11.6. The summed E-state index contributed by atoms with van der Waals surface area (Å²) >= 11 is 6.83. The zero-order chi connectivity index (χ0) is 13.4. The number of carbonyl (C=O) groups is 2. The molecule has 3 N–H and O–H groups in total. The number of hydrogen-bond acceptors (Lipinski definition) is 3. The minimum absolute atomic E-state index is 0.0808. The molecule has 0 atom stereocenters. The Bertz CT molecular complexity index is 426. The molecule has 0 aromatic heterocycles. The molecule has 0 spiro atoms. The summed E-state index contributed by atoms with van der Waals surface area (Å²) in [5.74, 6) is 0.186. The van der Waals surface area contributed by atoms with Gasteiger partial charge in [-0.15, -0.1) is 23.4 Å². The van der Waals surface area contributed by atoms with E-state index < -0.39 is 0 Å². The molecule has 0 fully saturated rings. The quantitative estimate of drug-likeness (QED) is 0.596. The Labute approximate surface area is 115 Å². The van der Waals surface area contributed by atoms with Gasteiger partial charge >= 0.3 is 0 Å². The predicted octanol–water partition coefficient (Wildman–Crippen LogP) is 2.22. The molecular weight excluding hydrogens is 272 g/mol. The topological polar surface area (TPSA) is 72.2 Å². The van der Waals surface area contributed by atoms with Gasteiger partial charge in [0, 0.05) is 17.2 Å². The summed E-state index contributed by atoms with van der Waals surface area (Å²) in [6.45, 7) is 0. The molecular formula is C12H15ClN2O2S. The van der Waals surface area contributed by atoms with E-state index in [4.69, 9.17) is 17.3 Å². The lowest BCUT2D eigenvalue weighted by Gasteiger charge is -2.09. The van der Waals surface area contributed by atoms with Crippen molar-refractivity contribution in [1.82, 2.24) is 0 Å². The predicted molar refractivity (Wildman–Crippen MR) is 74.9 cm³/mol. The van der Waals surface area contributed by atoms with Crippen molar-refractivity contribution in [3.8, 4) is 0 Å². The van der Waals surface area contributed by atoms with Gasteiger partial charge in [0.2, 0.25) is 11.8 Å². The molecule has 0 aliphatic rings. The molecule has 2 amide bonds. The molecule has 0 saturated carbocycles. The van der Waals surface area contributed by atoms with E-state index in [0.29, 0.717) is 24.4 Å². The number of nitrogens with one attached hydrogen (secondary N) is 1.